The number of nitrogens with zero attached hydrogens (tertiary/aromatic N) is 1. The summed E-state index contributed by atoms with van der Waals surface area (Å²) in [6.07, 6.45) is 5.91. The summed E-state index contributed by atoms with van der Waals surface area (Å²) < 4.78 is 2.06. The van der Waals surface area contributed by atoms with Crippen molar-refractivity contribution in [1.82, 2.24) is 4.57 Å². The minimum Gasteiger partial charge on any atom is -0.351 e. The van der Waals surface area contributed by atoms with Crippen molar-refractivity contribution in [2.45, 2.75) is 20.4 Å². The molecule has 1 nitrogen and oxygen atoms in total. The molecule has 0 unspecified atom stereocenters. The van der Waals surface area contributed by atoms with E-state index < -0.39 is 0 Å². The van der Waals surface area contributed by atoms with Gasteiger partial charge in [-0.15, -0.1) is 6.58 Å². The normalized spacial score (nSPS) is 7.80. The third-order valence-electron chi connectivity index (χ3n) is 1.01. The van der Waals surface area contributed by atoms with E-state index in [1.54, 1.807) is 0 Å². The highest BCUT2D eigenvalue weighted by Gasteiger charge is 1.78. The van der Waals surface area contributed by atoms with E-state index in [9.17, 15) is 0 Å². The van der Waals surface area contributed by atoms with Gasteiger partial charge in [0.05, 0.1) is 0 Å². The Kier molecular flexibility index (Phi) is 5.54. The van der Waals surface area contributed by atoms with E-state index in [2.05, 4.69) is 11.1 Å². The molecule has 1 rings (SSSR count). The molecule has 0 atom stereocenters. The average Bonchev–Trinajstić information content (AvgIpc) is 2.46. The van der Waals surface area contributed by atoms with Crippen LogP contribution >= 0.6 is 0 Å². The van der Waals surface area contributed by atoms with E-state index in [1.807, 2.05) is 44.4 Å². The van der Waals surface area contributed by atoms with Gasteiger partial charge in [-0.1, -0.05) is 19.9 Å². The average molecular weight is 137 g/mol. The molecule has 0 aliphatic rings. The first-order chi connectivity index (χ1) is 4.93. The maximum Gasteiger partial charge on any atom is 0.0397 e. The Hall–Kier alpha value is -0.980. The summed E-state index contributed by atoms with van der Waals surface area (Å²) in [6, 6.07) is 4.01. The summed E-state index contributed by atoms with van der Waals surface area (Å²) in [5, 5.41) is 0. The van der Waals surface area contributed by atoms with Crippen molar-refractivity contribution in [3.8, 4) is 0 Å². The monoisotopic (exact) mass is 137 g/mol. The van der Waals surface area contributed by atoms with Crippen LogP contribution in [0.2, 0.25) is 0 Å². The van der Waals surface area contributed by atoms with Crippen molar-refractivity contribution >= 4 is 0 Å². The Bertz CT molecular complexity index is 151. The summed E-state index contributed by atoms with van der Waals surface area (Å²) in [5.74, 6) is 0. The molecule has 0 aliphatic carbocycles. The van der Waals surface area contributed by atoms with Crippen LogP contribution < -0.4 is 0 Å². The lowest BCUT2D eigenvalue weighted by Crippen LogP contribution is -1.87. The van der Waals surface area contributed by atoms with Crippen molar-refractivity contribution in [1.29, 1.82) is 0 Å². The molecule has 10 heavy (non-hydrogen) atoms. The number of hydrogen-bond donors (Lipinski definition) is 0. The topological polar surface area (TPSA) is 4.93 Å². The predicted octanol–water partition coefficient (Wildman–Crippen LogP) is 2.70. The second kappa shape index (κ2) is 6.14. The van der Waals surface area contributed by atoms with Gasteiger partial charge < -0.3 is 4.57 Å². The Balaban J connectivity index is 0.000000371. The highest BCUT2D eigenvalue weighted by atomic mass is 14.9. The fourth-order valence-electron chi connectivity index (χ4n) is 0.641. The van der Waals surface area contributed by atoms with E-state index in [1.165, 1.54) is 0 Å². The summed E-state index contributed by atoms with van der Waals surface area (Å²) in [6.45, 7) is 8.52. The van der Waals surface area contributed by atoms with Crippen LogP contribution in [0.5, 0.6) is 0 Å². The number of hydrogen-bond acceptors (Lipinski definition) is 0. The lowest BCUT2D eigenvalue weighted by molar-refractivity contribution is 0.832. The van der Waals surface area contributed by atoms with Crippen LogP contribution in [-0.4, -0.2) is 4.57 Å². The molecule has 0 saturated heterocycles. The second-order valence-corrected chi connectivity index (χ2v) is 1.67. The fraction of sp³-hybridized carbons (Fsp3) is 0.333. The molecule has 0 aliphatic heterocycles. The Morgan fingerprint density at radius 2 is 1.80 bits per heavy atom. The third-order valence-corrected chi connectivity index (χ3v) is 1.01. The fourth-order valence-corrected chi connectivity index (χ4v) is 0.641. The lowest BCUT2D eigenvalue weighted by atomic mass is 10.6. The van der Waals surface area contributed by atoms with Crippen molar-refractivity contribution in [2.24, 2.45) is 0 Å². The van der Waals surface area contributed by atoms with E-state index >= 15 is 0 Å². The van der Waals surface area contributed by atoms with Crippen molar-refractivity contribution < 1.29 is 0 Å². The standard InChI is InChI=1S/C7H9N.C2H6/c1-2-5-8-6-3-4-7-8;1-2/h2-4,6-7H,1,5H2;1-2H3. The summed E-state index contributed by atoms with van der Waals surface area (Å²) in [4.78, 5) is 0. The van der Waals surface area contributed by atoms with Gasteiger partial charge in [-0.3, -0.25) is 0 Å². The van der Waals surface area contributed by atoms with Crippen molar-refractivity contribution in [2.75, 3.05) is 0 Å². The Morgan fingerprint density at radius 3 is 2.20 bits per heavy atom. The van der Waals surface area contributed by atoms with Gasteiger partial charge in [0, 0.05) is 18.9 Å². The van der Waals surface area contributed by atoms with E-state index in [0.29, 0.717) is 0 Å². The molecule has 56 valence electrons. The Labute approximate surface area is 63.0 Å². The second-order valence-electron chi connectivity index (χ2n) is 1.67. The summed E-state index contributed by atoms with van der Waals surface area (Å²) in [5.41, 5.74) is 0. The van der Waals surface area contributed by atoms with Gasteiger partial charge in [-0.2, -0.15) is 0 Å². The van der Waals surface area contributed by atoms with E-state index in [4.69, 9.17) is 0 Å². The molecule has 0 saturated carbocycles. The van der Waals surface area contributed by atoms with Crippen LogP contribution in [0.3, 0.4) is 0 Å². The zero-order chi connectivity index (χ0) is 7.82. The zero-order valence-electron chi connectivity index (χ0n) is 6.75. The lowest BCUT2D eigenvalue weighted by Gasteiger charge is -1.91. The largest absolute Gasteiger partial charge is 0.351 e. The van der Waals surface area contributed by atoms with Crippen LogP contribution in [0.15, 0.2) is 37.2 Å². The SMILES string of the molecule is C=CCn1cccc1.CC. The highest BCUT2D eigenvalue weighted by Crippen LogP contribution is 1.88. The highest BCUT2D eigenvalue weighted by molar-refractivity contribution is 4.91. The molecule has 1 aromatic heterocycles. The molecule has 0 spiro atoms. The Morgan fingerprint density at radius 1 is 1.30 bits per heavy atom. The van der Waals surface area contributed by atoms with Gasteiger partial charge in [0.2, 0.25) is 0 Å². The van der Waals surface area contributed by atoms with Crippen LogP contribution in [-0.2, 0) is 6.54 Å². The van der Waals surface area contributed by atoms with Gasteiger partial charge >= 0.3 is 0 Å². The van der Waals surface area contributed by atoms with E-state index in [-0.39, 0.29) is 0 Å². The van der Waals surface area contributed by atoms with Gasteiger partial charge in [-0.05, 0) is 12.1 Å². The van der Waals surface area contributed by atoms with Gasteiger partial charge in [-0.25, -0.2) is 0 Å². The summed E-state index contributed by atoms with van der Waals surface area (Å²) in [7, 11) is 0. The quantitative estimate of drug-likeness (QED) is 0.552. The maximum atomic E-state index is 3.61. The van der Waals surface area contributed by atoms with Crippen molar-refractivity contribution in [3.63, 3.8) is 0 Å². The van der Waals surface area contributed by atoms with Crippen molar-refractivity contribution in [3.05, 3.63) is 37.2 Å². The molecule has 0 fully saturated rings. The predicted molar refractivity (Wildman–Crippen MR) is 46.0 cm³/mol. The maximum absolute atomic E-state index is 3.61. The molecule has 1 aromatic rings. The molecule has 1 heteroatoms. The molecule has 0 N–H and O–H groups in total. The van der Waals surface area contributed by atoms with Crippen LogP contribution in [0.25, 0.3) is 0 Å². The van der Waals surface area contributed by atoms with Crippen LogP contribution in [0.1, 0.15) is 13.8 Å². The number of allylic oxidation sites excluding steroid dienone is 1. The first kappa shape index (κ1) is 9.02. The van der Waals surface area contributed by atoms with Crippen LogP contribution in [0.4, 0.5) is 0 Å². The van der Waals surface area contributed by atoms with Gasteiger partial charge in [0.1, 0.15) is 0 Å². The molecule has 0 amide bonds. The molecular formula is C9H15N. The molecule has 1 heterocycles. The number of rotatable bonds is 2. The van der Waals surface area contributed by atoms with Gasteiger partial charge in [0.15, 0.2) is 0 Å². The number of aromatic nitrogens is 1. The summed E-state index contributed by atoms with van der Waals surface area (Å²) >= 11 is 0. The smallest absolute Gasteiger partial charge is 0.0397 e. The minimum absolute atomic E-state index is 0.910. The minimum atomic E-state index is 0.910. The van der Waals surface area contributed by atoms with Crippen LogP contribution in [0, 0.1) is 0 Å². The van der Waals surface area contributed by atoms with E-state index in [0.717, 1.165) is 6.54 Å². The molecule has 0 aromatic carbocycles. The van der Waals surface area contributed by atoms with Gasteiger partial charge in [0.25, 0.3) is 0 Å². The molecule has 0 bridgehead atoms. The zero-order valence-corrected chi connectivity index (χ0v) is 6.75. The third kappa shape index (κ3) is 3.13. The molecule has 0 radical (unpaired) electrons. The first-order valence-electron chi connectivity index (χ1n) is 3.65. The first-order valence-corrected chi connectivity index (χ1v) is 3.65. The molecular weight excluding hydrogens is 122 g/mol.